The zero-order valence-electron chi connectivity index (χ0n) is 17.9. The molecule has 0 spiro atoms. The van der Waals surface area contributed by atoms with Crippen LogP contribution in [0.25, 0.3) is 11.3 Å². The highest BCUT2D eigenvalue weighted by Gasteiger charge is 2.40. The smallest absolute Gasteiger partial charge is 0.353 e. The number of aryl methyl sites for hydroxylation is 1. The van der Waals surface area contributed by atoms with Gasteiger partial charge in [0.1, 0.15) is 12.0 Å². The van der Waals surface area contributed by atoms with Gasteiger partial charge in [0.25, 0.3) is 0 Å². The second-order valence-corrected chi connectivity index (χ2v) is 8.19. The first-order valence-corrected chi connectivity index (χ1v) is 10.6. The Balaban J connectivity index is 1.51. The summed E-state index contributed by atoms with van der Waals surface area (Å²) >= 11 is 0. The number of carbonyl (C=O) groups is 2. The molecule has 33 heavy (non-hydrogen) atoms. The molecule has 8 heteroatoms. The Morgan fingerprint density at radius 3 is 2.36 bits per heavy atom. The SMILES string of the molecule is CCC1(CC=O)CCc2cc(-c3ccc(Nc4ccc(C(F)(F)F)nc4)cn3)ccc2C1=O. The van der Waals surface area contributed by atoms with Crippen LogP contribution in [0.1, 0.15) is 47.8 Å². The molecule has 1 N–H and O–H groups in total. The maximum absolute atomic E-state index is 13.1. The number of hydrogen-bond acceptors (Lipinski definition) is 5. The van der Waals surface area contributed by atoms with Crippen molar-refractivity contribution in [3.63, 3.8) is 0 Å². The van der Waals surface area contributed by atoms with E-state index < -0.39 is 17.3 Å². The summed E-state index contributed by atoms with van der Waals surface area (Å²) in [6.45, 7) is 1.95. The van der Waals surface area contributed by atoms with Crippen molar-refractivity contribution in [2.45, 2.75) is 38.8 Å². The van der Waals surface area contributed by atoms with Crippen LogP contribution in [0.4, 0.5) is 24.5 Å². The first-order chi connectivity index (χ1) is 15.8. The van der Waals surface area contributed by atoms with Crippen molar-refractivity contribution in [1.29, 1.82) is 0 Å². The molecule has 1 aromatic carbocycles. The summed E-state index contributed by atoms with van der Waals surface area (Å²) in [6, 6.07) is 11.4. The monoisotopic (exact) mass is 453 g/mol. The highest BCUT2D eigenvalue weighted by Crippen LogP contribution is 2.41. The molecule has 1 aliphatic rings. The van der Waals surface area contributed by atoms with Gasteiger partial charge >= 0.3 is 6.18 Å². The van der Waals surface area contributed by atoms with E-state index in [1.165, 1.54) is 6.07 Å². The average Bonchev–Trinajstić information content (AvgIpc) is 2.81. The normalized spacial score (nSPS) is 18.0. The first kappa shape index (κ1) is 22.6. The van der Waals surface area contributed by atoms with Gasteiger partial charge in [-0.3, -0.25) is 9.78 Å². The highest BCUT2D eigenvalue weighted by atomic mass is 19.4. The van der Waals surface area contributed by atoms with E-state index in [1.54, 1.807) is 18.3 Å². The fourth-order valence-electron chi connectivity index (χ4n) is 4.23. The standard InChI is InChI=1S/C25H22F3N3O2/c1-2-24(11-12-32)10-9-16-13-17(3-6-20(16)23(24)33)21-7-4-18(14-29-21)31-19-5-8-22(30-15-19)25(26,27)28/h3-8,12-15,31H,2,9-11H2,1H3. The number of aldehydes is 1. The molecule has 1 aliphatic carbocycles. The van der Waals surface area contributed by atoms with Crippen molar-refractivity contribution in [3.05, 3.63) is 71.7 Å². The molecule has 2 aromatic heterocycles. The molecular weight excluding hydrogens is 431 g/mol. The number of ketones is 1. The van der Waals surface area contributed by atoms with Gasteiger partial charge in [-0.05, 0) is 55.2 Å². The van der Waals surface area contributed by atoms with E-state index in [1.807, 2.05) is 25.1 Å². The quantitative estimate of drug-likeness (QED) is 0.462. The van der Waals surface area contributed by atoms with Gasteiger partial charge in [-0.25, -0.2) is 4.98 Å². The number of carbonyl (C=O) groups excluding carboxylic acids is 2. The van der Waals surface area contributed by atoms with E-state index in [4.69, 9.17) is 0 Å². The predicted molar refractivity (Wildman–Crippen MR) is 118 cm³/mol. The number of nitrogens with zero attached hydrogens (tertiary/aromatic N) is 2. The van der Waals surface area contributed by atoms with E-state index in [-0.39, 0.29) is 12.2 Å². The number of aromatic nitrogens is 2. The lowest BCUT2D eigenvalue weighted by molar-refractivity contribution is -0.141. The summed E-state index contributed by atoms with van der Waals surface area (Å²) in [5.74, 6) is 0.0301. The first-order valence-electron chi connectivity index (χ1n) is 10.6. The molecule has 0 bridgehead atoms. The highest BCUT2D eigenvalue weighted by molar-refractivity contribution is 6.04. The van der Waals surface area contributed by atoms with Gasteiger partial charge in [0.15, 0.2) is 5.78 Å². The fourth-order valence-corrected chi connectivity index (χ4v) is 4.23. The number of anilines is 2. The molecule has 0 aliphatic heterocycles. The molecule has 0 fully saturated rings. The molecule has 0 saturated heterocycles. The van der Waals surface area contributed by atoms with Crippen molar-refractivity contribution >= 4 is 23.4 Å². The zero-order valence-corrected chi connectivity index (χ0v) is 17.9. The molecule has 1 atom stereocenters. The van der Waals surface area contributed by atoms with Gasteiger partial charge in [-0.15, -0.1) is 0 Å². The molecule has 2 heterocycles. The number of benzene rings is 1. The van der Waals surface area contributed by atoms with Crippen molar-refractivity contribution in [2.75, 3.05) is 5.32 Å². The predicted octanol–water partition coefficient (Wildman–Crippen LogP) is 6.02. The minimum absolute atomic E-state index is 0.0301. The lowest BCUT2D eigenvalue weighted by Crippen LogP contribution is -2.36. The van der Waals surface area contributed by atoms with Gasteiger partial charge in [0.2, 0.25) is 0 Å². The molecule has 170 valence electrons. The minimum Gasteiger partial charge on any atom is -0.353 e. The van der Waals surface area contributed by atoms with Crippen LogP contribution in [-0.4, -0.2) is 22.0 Å². The third-order valence-electron chi connectivity index (χ3n) is 6.26. The van der Waals surface area contributed by atoms with E-state index >= 15 is 0 Å². The van der Waals surface area contributed by atoms with Crippen molar-refractivity contribution < 1.29 is 22.8 Å². The second kappa shape index (κ2) is 8.77. The van der Waals surface area contributed by atoms with E-state index in [2.05, 4.69) is 15.3 Å². The number of pyridine rings is 2. The van der Waals surface area contributed by atoms with Gasteiger partial charge < -0.3 is 10.1 Å². The van der Waals surface area contributed by atoms with Crippen LogP contribution in [0, 0.1) is 5.41 Å². The molecule has 0 radical (unpaired) electrons. The maximum atomic E-state index is 13.1. The molecule has 4 rings (SSSR count). The number of rotatable bonds is 6. The molecule has 1 unspecified atom stereocenters. The lowest BCUT2D eigenvalue weighted by atomic mass is 9.67. The van der Waals surface area contributed by atoms with Crippen LogP contribution in [0.15, 0.2) is 54.9 Å². The molecule has 0 saturated carbocycles. The summed E-state index contributed by atoms with van der Waals surface area (Å²) in [4.78, 5) is 32.0. The summed E-state index contributed by atoms with van der Waals surface area (Å²) in [5, 5.41) is 2.98. The van der Waals surface area contributed by atoms with Gasteiger partial charge in [0, 0.05) is 23.0 Å². The van der Waals surface area contributed by atoms with E-state index in [0.29, 0.717) is 35.5 Å². The van der Waals surface area contributed by atoms with Crippen LogP contribution < -0.4 is 5.32 Å². The molecular formula is C25H22F3N3O2. The van der Waals surface area contributed by atoms with Crippen LogP contribution in [0.2, 0.25) is 0 Å². The second-order valence-electron chi connectivity index (χ2n) is 8.19. The largest absolute Gasteiger partial charge is 0.433 e. The molecule has 3 aromatic rings. The minimum atomic E-state index is -4.48. The zero-order chi connectivity index (χ0) is 23.6. The van der Waals surface area contributed by atoms with Crippen LogP contribution in [-0.2, 0) is 17.4 Å². The number of halogens is 3. The van der Waals surface area contributed by atoms with Crippen molar-refractivity contribution in [3.8, 4) is 11.3 Å². The summed E-state index contributed by atoms with van der Waals surface area (Å²) in [7, 11) is 0. The third kappa shape index (κ3) is 4.51. The lowest BCUT2D eigenvalue weighted by Gasteiger charge is -2.34. The summed E-state index contributed by atoms with van der Waals surface area (Å²) in [6.07, 6.45) is 1.31. The Bertz CT molecular complexity index is 1170. The third-order valence-corrected chi connectivity index (χ3v) is 6.26. The van der Waals surface area contributed by atoms with Crippen molar-refractivity contribution in [2.24, 2.45) is 5.41 Å². The Morgan fingerprint density at radius 2 is 1.79 bits per heavy atom. The Kier molecular flexibility index (Phi) is 6.01. The van der Waals surface area contributed by atoms with Crippen LogP contribution in [0.5, 0.6) is 0 Å². The number of alkyl halides is 3. The van der Waals surface area contributed by atoms with Crippen LogP contribution in [0.3, 0.4) is 0 Å². The number of hydrogen-bond donors (Lipinski definition) is 1. The topological polar surface area (TPSA) is 72.0 Å². The summed E-state index contributed by atoms with van der Waals surface area (Å²) < 4.78 is 37.9. The number of fused-ring (bicyclic) bond motifs is 1. The number of Topliss-reactive ketones (excluding diaryl/α,β-unsaturated/α-hetero) is 1. The Morgan fingerprint density at radius 1 is 1.06 bits per heavy atom. The van der Waals surface area contributed by atoms with Crippen LogP contribution >= 0.6 is 0 Å². The van der Waals surface area contributed by atoms with Gasteiger partial charge in [-0.1, -0.05) is 19.1 Å². The fraction of sp³-hybridized carbons (Fsp3) is 0.280. The van der Waals surface area contributed by atoms with Gasteiger partial charge in [-0.2, -0.15) is 13.2 Å². The Labute approximate surface area is 189 Å². The Hall–Kier alpha value is -3.55. The number of nitrogens with one attached hydrogen (secondary N) is 1. The molecule has 5 nitrogen and oxygen atoms in total. The van der Waals surface area contributed by atoms with E-state index in [0.717, 1.165) is 36.1 Å². The van der Waals surface area contributed by atoms with Crippen molar-refractivity contribution in [1.82, 2.24) is 9.97 Å². The summed E-state index contributed by atoms with van der Waals surface area (Å²) in [5.41, 5.74) is 2.67. The van der Waals surface area contributed by atoms with Gasteiger partial charge in [0.05, 0.1) is 29.5 Å². The average molecular weight is 453 g/mol. The molecule has 0 amide bonds. The van der Waals surface area contributed by atoms with E-state index in [9.17, 15) is 22.8 Å². The maximum Gasteiger partial charge on any atom is 0.433 e.